The number of likely N-dealkylation sites (tertiary alicyclic amines) is 1. The lowest BCUT2D eigenvalue weighted by atomic mass is 10.1. The summed E-state index contributed by atoms with van der Waals surface area (Å²) >= 11 is 1.50. The lowest BCUT2D eigenvalue weighted by Crippen LogP contribution is -2.36. The van der Waals surface area contributed by atoms with E-state index in [9.17, 15) is 9.59 Å². The van der Waals surface area contributed by atoms with E-state index in [0.29, 0.717) is 42.4 Å². The van der Waals surface area contributed by atoms with Gasteiger partial charge in [-0.2, -0.15) is 5.10 Å². The first kappa shape index (κ1) is 26.4. The lowest BCUT2D eigenvalue weighted by Gasteiger charge is -2.27. The smallest absolute Gasteiger partial charge is 0.260 e. The van der Waals surface area contributed by atoms with Crippen LogP contribution < -0.4 is 15.5 Å². The number of piperidine rings is 1. The Labute approximate surface area is 236 Å². The van der Waals surface area contributed by atoms with E-state index in [1.165, 1.54) is 17.8 Å². The number of amides is 2. The molecule has 0 atom stereocenters. The average Bonchev–Trinajstić information content (AvgIpc) is 3.57. The Balaban J connectivity index is 1.16. The Morgan fingerprint density at radius 2 is 1.85 bits per heavy atom. The molecule has 4 aromatic heterocycles. The van der Waals surface area contributed by atoms with Gasteiger partial charge in [0.25, 0.3) is 5.91 Å². The third-order valence-electron chi connectivity index (χ3n) is 7.24. The molecule has 2 saturated heterocycles. The number of fused-ring (bicyclic) bond motifs is 1. The van der Waals surface area contributed by atoms with Crippen molar-refractivity contribution in [3.63, 3.8) is 0 Å². The van der Waals surface area contributed by atoms with Gasteiger partial charge in [0.05, 0.1) is 59.7 Å². The second-order valence-corrected chi connectivity index (χ2v) is 11.1. The lowest BCUT2D eigenvalue weighted by molar-refractivity contribution is -0.117. The fourth-order valence-corrected chi connectivity index (χ4v) is 6.11. The van der Waals surface area contributed by atoms with E-state index in [2.05, 4.69) is 41.6 Å². The van der Waals surface area contributed by atoms with Crippen LogP contribution in [0.25, 0.3) is 15.3 Å². The number of morpholine rings is 1. The third kappa shape index (κ3) is 5.83. The van der Waals surface area contributed by atoms with Gasteiger partial charge in [-0.05, 0) is 56.6 Å². The molecule has 0 bridgehead atoms. The number of nitrogens with one attached hydrogen (secondary N) is 2. The van der Waals surface area contributed by atoms with Gasteiger partial charge in [-0.15, -0.1) is 11.3 Å². The molecule has 208 valence electrons. The number of hydrogen-bond acceptors (Lipinski definition) is 9. The highest BCUT2D eigenvalue weighted by Crippen LogP contribution is 2.32. The van der Waals surface area contributed by atoms with Crippen molar-refractivity contribution in [3.05, 3.63) is 54.2 Å². The number of anilines is 3. The molecular weight excluding hydrogens is 528 g/mol. The second-order valence-electron chi connectivity index (χ2n) is 10.1. The molecule has 2 fully saturated rings. The van der Waals surface area contributed by atoms with Crippen LogP contribution >= 0.6 is 11.3 Å². The first-order valence-corrected chi connectivity index (χ1v) is 14.4. The van der Waals surface area contributed by atoms with Gasteiger partial charge in [0.15, 0.2) is 0 Å². The fourth-order valence-electron chi connectivity index (χ4n) is 5.05. The first-order valence-electron chi connectivity index (χ1n) is 13.6. The highest BCUT2D eigenvalue weighted by atomic mass is 32.1. The molecule has 12 heteroatoms. The molecule has 0 aliphatic carbocycles. The first-order chi connectivity index (χ1) is 19.5. The van der Waals surface area contributed by atoms with Crippen molar-refractivity contribution in [2.75, 3.05) is 61.5 Å². The standard InChI is InChI=1S/C28H32N8O3S/c1-19-23(14-21(15-30-19)32-26(37)18-34-7-3-2-4-8-34)33-27(38)22-16-31-36-17-24(40-28(22)36)20-5-6-29-25(13-20)35-9-11-39-12-10-35/h5-6,13-17H,2-4,7-12,18H2,1H3,(H,32,37)(H,33,38). The summed E-state index contributed by atoms with van der Waals surface area (Å²) in [5.74, 6) is 0.548. The van der Waals surface area contributed by atoms with Gasteiger partial charge in [0, 0.05) is 25.5 Å². The van der Waals surface area contributed by atoms with Gasteiger partial charge in [0.1, 0.15) is 10.6 Å². The van der Waals surface area contributed by atoms with E-state index in [-0.39, 0.29) is 11.8 Å². The number of nitrogens with zero attached hydrogens (tertiary/aromatic N) is 6. The number of aryl methyl sites for hydroxylation is 1. The second kappa shape index (κ2) is 11.7. The number of pyridine rings is 2. The summed E-state index contributed by atoms with van der Waals surface area (Å²) < 4.78 is 7.19. The monoisotopic (exact) mass is 560 g/mol. The topological polar surface area (TPSA) is 117 Å². The Hall–Kier alpha value is -3.87. The summed E-state index contributed by atoms with van der Waals surface area (Å²) in [7, 11) is 0. The van der Waals surface area contributed by atoms with Gasteiger partial charge >= 0.3 is 0 Å². The number of carbonyl (C=O) groups excluding carboxylic acids is 2. The molecule has 2 N–H and O–H groups in total. The van der Waals surface area contributed by atoms with Crippen LogP contribution in [0.3, 0.4) is 0 Å². The molecule has 4 aromatic rings. The Morgan fingerprint density at radius 1 is 1.02 bits per heavy atom. The van der Waals surface area contributed by atoms with E-state index in [4.69, 9.17) is 4.74 Å². The zero-order valence-corrected chi connectivity index (χ0v) is 23.2. The predicted octanol–water partition coefficient (Wildman–Crippen LogP) is 3.67. The normalized spacial score (nSPS) is 16.3. The van der Waals surface area contributed by atoms with Crippen molar-refractivity contribution in [2.45, 2.75) is 26.2 Å². The summed E-state index contributed by atoms with van der Waals surface area (Å²) in [4.78, 5) is 40.9. The number of rotatable bonds is 7. The van der Waals surface area contributed by atoms with E-state index >= 15 is 0 Å². The maximum absolute atomic E-state index is 13.3. The van der Waals surface area contributed by atoms with Crippen LogP contribution in [0.15, 0.2) is 43.0 Å². The Bertz CT molecular complexity index is 1520. The number of hydrogen-bond donors (Lipinski definition) is 2. The van der Waals surface area contributed by atoms with Crippen LogP contribution in [0.4, 0.5) is 17.2 Å². The number of ether oxygens (including phenoxy) is 1. The Kier molecular flexibility index (Phi) is 7.71. The van der Waals surface area contributed by atoms with E-state index in [1.54, 1.807) is 23.0 Å². The molecule has 2 aliphatic heterocycles. The maximum atomic E-state index is 13.3. The van der Waals surface area contributed by atoms with Crippen LogP contribution in [0, 0.1) is 6.92 Å². The summed E-state index contributed by atoms with van der Waals surface area (Å²) in [6, 6.07) is 5.78. The molecule has 0 saturated carbocycles. The summed E-state index contributed by atoms with van der Waals surface area (Å²) in [6.07, 6.45) is 10.4. The summed E-state index contributed by atoms with van der Waals surface area (Å²) in [5.41, 5.74) is 3.24. The molecule has 0 spiro atoms. The van der Waals surface area contributed by atoms with Crippen LogP contribution in [0.5, 0.6) is 0 Å². The van der Waals surface area contributed by atoms with Crippen LogP contribution in [0.2, 0.25) is 0 Å². The van der Waals surface area contributed by atoms with Crippen molar-refractivity contribution < 1.29 is 14.3 Å². The molecule has 6 rings (SSSR count). The molecule has 0 aromatic carbocycles. The van der Waals surface area contributed by atoms with E-state index in [1.807, 2.05) is 25.4 Å². The summed E-state index contributed by atoms with van der Waals surface area (Å²) in [6.45, 7) is 7.08. The molecule has 11 nitrogen and oxygen atoms in total. The SMILES string of the molecule is Cc1ncc(NC(=O)CN2CCCCC2)cc1NC(=O)c1cnn2cc(-c3ccnc(N4CCOCC4)c3)sc12. The zero-order valence-electron chi connectivity index (χ0n) is 22.4. The van der Waals surface area contributed by atoms with Gasteiger partial charge in [-0.3, -0.25) is 19.5 Å². The molecule has 6 heterocycles. The largest absolute Gasteiger partial charge is 0.378 e. The minimum Gasteiger partial charge on any atom is -0.378 e. The zero-order chi connectivity index (χ0) is 27.5. The van der Waals surface area contributed by atoms with Gasteiger partial charge in [-0.25, -0.2) is 9.50 Å². The highest BCUT2D eigenvalue weighted by molar-refractivity contribution is 7.21. The van der Waals surface area contributed by atoms with E-state index < -0.39 is 0 Å². The van der Waals surface area contributed by atoms with Crippen molar-refractivity contribution >= 4 is 45.2 Å². The van der Waals surface area contributed by atoms with Crippen molar-refractivity contribution in [1.82, 2.24) is 24.5 Å². The van der Waals surface area contributed by atoms with Crippen LogP contribution in [-0.4, -0.2) is 82.2 Å². The van der Waals surface area contributed by atoms with Crippen molar-refractivity contribution in [1.29, 1.82) is 0 Å². The molecule has 0 radical (unpaired) electrons. The predicted molar refractivity (Wildman–Crippen MR) is 155 cm³/mol. The fraction of sp³-hybridized carbons (Fsp3) is 0.393. The van der Waals surface area contributed by atoms with Crippen molar-refractivity contribution in [2.24, 2.45) is 0 Å². The van der Waals surface area contributed by atoms with Crippen LogP contribution in [0.1, 0.15) is 35.3 Å². The Morgan fingerprint density at radius 3 is 2.67 bits per heavy atom. The minimum atomic E-state index is -0.283. The van der Waals surface area contributed by atoms with Crippen LogP contribution in [-0.2, 0) is 9.53 Å². The van der Waals surface area contributed by atoms with E-state index in [0.717, 1.165) is 60.1 Å². The quantitative estimate of drug-likeness (QED) is 0.352. The van der Waals surface area contributed by atoms with Gasteiger partial charge in [0.2, 0.25) is 5.91 Å². The highest BCUT2D eigenvalue weighted by Gasteiger charge is 2.20. The number of thiazole rings is 1. The molecular formula is C28H32N8O3S. The average molecular weight is 561 g/mol. The molecule has 40 heavy (non-hydrogen) atoms. The number of aromatic nitrogens is 4. The van der Waals surface area contributed by atoms with Gasteiger partial charge < -0.3 is 20.3 Å². The molecule has 2 amide bonds. The maximum Gasteiger partial charge on any atom is 0.260 e. The molecule has 0 unspecified atom stereocenters. The van der Waals surface area contributed by atoms with Crippen molar-refractivity contribution in [3.8, 4) is 10.4 Å². The number of carbonyl (C=O) groups is 2. The minimum absolute atomic E-state index is 0.0813. The third-order valence-corrected chi connectivity index (χ3v) is 8.40. The molecule has 2 aliphatic rings. The van der Waals surface area contributed by atoms with Gasteiger partial charge in [-0.1, -0.05) is 6.42 Å². The summed E-state index contributed by atoms with van der Waals surface area (Å²) in [5, 5.41) is 10.3.